The molecule has 1 N–H and O–H groups in total. The van der Waals surface area contributed by atoms with Gasteiger partial charge in [-0.3, -0.25) is 4.98 Å². The average molecular weight is 220 g/mol. The third kappa shape index (κ3) is 1.24. The maximum atomic E-state index is 11.3. The normalized spacial score (nSPS) is 25.1. The number of hydrogen-bond donors (Lipinski definition) is 1. The molecule has 5 nitrogen and oxygen atoms in total. The van der Waals surface area contributed by atoms with Gasteiger partial charge in [-0.25, -0.2) is 4.79 Å². The van der Waals surface area contributed by atoms with Crippen LogP contribution in [0.15, 0.2) is 18.5 Å². The number of nitrogens with one attached hydrogen (secondary N) is 1. The summed E-state index contributed by atoms with van der Waals surface area (Å²) < 4.78 is 10.6. The van der Waals surface area contributed by atoms with E-state index in [4.69, 9.17) is 9.47 Å². The molecule has 1 aliphatic heterocycles. The van der Waals surface area contributed by atoms with Crippen LogP contribution in [0.4, 0.5) is 4.79 Å². The summed E-state index contributed by atoms with van der Waals surface area (Å²) in [4.78, 5) is 15.3. The lowest BCUT2D eigenvalue weighted by atomic mass is 10.0. The second-order valence-corrected chi connectivity index (χ2v) is 4.18. The lowest BCUT2D eigenvalue weighted by Gasteiger charge is -2.17. The van der Waals surface area contributed by atoms with Gasteiger partial charge < -0.3 is 14.8 Å². The fourth-order valence-corrected chi connectivity index (χ4v) is 2.18. The summed E-state index contributed by atoms with van der Waals surface area (Å²) in [6, 6.07) is 1.78. The van der Waals surface area contributed by atoms with Crippen LogP contribution >= 0.6 is 0 Å². The predicted molar refractivity (Wildman–Crippen MR) is 55.1 cm³/mol. The van der Waals surface area contributed by atoms with Crippen molar-refractivity contribution < 1.29 is 14.3 Å². The van der Waals surface area contributed by atoms with Crippen molar-refractivity contribution in [2.45, 2.75) is 24.5 Å². The second-order valence-electron chi connectivity index (χ2n) is 4.18. The Morgan fingerprint density at radius 1 is 1.62 bits per heavy atom. The minimum absolute atomic E-state index is 0.215. The Morgan fingerprint density at radius 3 is 3.12 bits per heavy atom. The average Bonchev–Trinajstić information content (AvgIpc) is 2.98. The van der Waals surface area contributed by atoms with Gasteiger partial charge in [0.25, 0.3) is 0 Å². The minimum atomic E-state index is -0.353. The third-order valence-corrected chi connectivity index (χ3v) is 3.18. The van der Waals surface area contributed by atoms with Crippen molar-refractivity contribution in [3.8, 4) is 5.75 Å². The molecule has 1 aliphatic carbocycles. The number of pyridine rings is 1. The van der Waals surface area contributed by atoms with Crippen molar-refractivity contribution in [3.05, 3.63) is 24.0 Å². The van der Waals surface area contributed by atoms with Gasteiger partial charge in [0.1, 0.15) is 5.75 Å². The molecule has 0 bridgehead atoms. The van der Waals surface area contributed by atoms with Crippen molar-refractivity contribution in [1.29, 1.82) is 0 Å². The molecule has 2 aliphatic rings. The number of aromatic nitrogens is 1. The summed E-state index contributed by atoms with van der Waals surface area (Å²) in [6.45, 7) is 0. The highest BCUT2D eigenvalue weighted by Crippen LogP contribution is 2.52. The van der Waals surface area contributed by atoms with E-state index in [1.165, 1.54) is 0 Å². The number of ether oxygens (including phenoxy) is 2. The zero-order valence-electron chi connectivity index (χ0n) is 8.90. The van der Waals surface area contributed by atoms with Crippen LogP contribution in [0.1, 0.15) is 24.5 Å². The van der Waals surface area contributed by atoms with Gasteiger partial charge in [-0.05, 0) is 18.9 Å². The maximum Gasteiger partial charge on any atom is 0.408 e. The van der Waals surface area contributed by atoms with E-state index in [2.05, 4.69) is 10.3 Å². The lowest BCUT2D eigenvalue weighted by Crippen LogP contribution is -2.29. The van der Waals surface area contributed by atoms with Crippen LogP contribution in [0.25, 0.3) is 0 Å². The van der Waals surface area contributed by atoms with Gasteiger partial charge in [-0.2, -0.15) is 0 Å². The van der Waals surface area contributed by atoms with Crippen LogP contribution < -0.4 is 10.1 Å². The first-order valence-corrected chi connectivity index (χ1v) is 5.22. The molecule has 1 saturated heterocycles. The Bertz CT molecular complexity index is 443. The number of hydrogen-bond acceptors (Lipinski definition) is 4. The summed E-state index contributed by atoms with van der Waals surface area (Å²) in [7, 11) is 1.60. The van der Waals surface area contributed by atoms with Gasteiger partial charge in [-0.15, -0.1) is 0 Å². The Balaban J connectivity index is 2.00. The summed E-state index contributed by atoms with van der Waals surface area (Å²) >= 11 is 0. The van der Waals surface area contributed by atoms with Crippen LogP contribution in [-0.4, -0.2) is 23.7 Å². The highest BCUT2D eigenvalue weighted by Gasteiger charge is 2.58. The van der Waals surface area contributed by atoms with E-state index >= 15 is 0 Å². The van der Waals surface area contributed by atoms with Crippen molar-refractivity contribution in [2.75, 3.05) is 7.11 Å². The van der Waals surface area contributed by atoms with Crippen molar-refractivity contribution in [2.24, 2.45) is 0 Å². The first-order valence-electron chi connectivity index (χ1n) is 5.22. The second kappa shape index (κ2) is 3.10. The molecule has 1 aromatic rings. The number of amides is 1. The number of methoxy groups -OCH3 is 1. The molecular weight excluding hydrogens is 208 g/mol. The molecule has 1 atom stereocenters. The number of alkyl carbamates (subject to hydrolysis) is 1. The highest BCUT2D eigenvalue weighted by atomic mass is 16.6. The summed E-state index contributed by atoms with van der Waals surface area (Å²) in [6.07, 6.45) is 4.62. The zero-order chi connectivity index (χ0) is 11.2. The fraction of sp³-hybridized carbons (Fsp3) is 0.455. The Hall–Kier alpha value is -1.78. The van der Waals surface area contributed by atoms with Crippen LogP contribution in [0.3, 0.4) is 0 Å². The van der Waals surface area contributed by atoms with Crippen molar-refractivity contribution in [3.63, 3.8) is 0 Å². The molecule has 1 unspecified atom stereocenters. The Morgan fingerprint density at radius 2 is 2.44 bits per heavy atom. The largest absolute Gasteiger partial charge is 0.496 e. The van der Waals surface area contributed by atoms with Gasteiger partial charge in [0.05, 0.1) is 18.2 Å². The van der Waals surface area contributed by atoms with Crippen LogP contribution in [0.2, 0.25) is 0 Å². The molecule has 1 amide bonds. The van der Waals surface area contributed by atoms with Crippen LogP contribution in [0.5, 0.6) is 5.75 Å². The quantitative estimate of drug-likeness (QED) is 0.818. The molecule has 1 spiro atoms. The Labute approximate surface area is 92.8 Å². The minimum Gasteiger partial charge on any atom is -0.496 e. The Kier molecular flexibility index (Phi) is 1.83. The van der Waals surface area contributed by atoms with E-state index in [1.54, 1.807) is 25.6 Å². The summed E-state index contributed by atoms with van der Waals surface area (Å²) in [5.41, 5.74) is 0.619. The van der Waals surface area contributed by atoms with E-state index in [1.807, 2.05) is 0 Å². The molecule has 2 heterocycles. The van der Waals surface area contributed by atoms with Gasteiger partial charge in [0.15, 0.2) is 6.10 Å². The molecule has 0 aromatic carbocycles. The molecule has 84 valence electrons. The molecule has 1 aromatic heterocycles. The molecule has 5 heteroatoms. The molecule has 2 fully saturated rings. The number of cyclic esters (lactones) is 1. The first kappa shape index (κ1) is 9.45. The number of carbonyl (C=O) groups excluding carboxylic acids is 1. The molecule has 3 rings (SSSR count). The van der Waals surface area contributed by atoms with E-state index in [0.29, 0.717) is 5.75 Å². The summed E-state index contributed by atoms with van der Waals surface area (Å²) in [5, 5.41) is 2.86. The fourth-order valence-electron chi connectivity index (χ4n) is 2.18. The van der Waals surface area contributed by atoms with Gasteiger partial charge >= 0.3 is 6.09 Å². The smallest absolute Gasteiger partial charge is 0.408 e. The molecule has 1 saturated carbocycles. The van der Waals surface area contributed by atoms with Gasteiger partial charge in [-0.1, -0.05) is 0 Å². The third-order valence-electron chi connectivity index (χ3n) is 3.18. The SMILES string of the molecule is COc1ccncc1C1OC(=O)NC12CC2. The van der Waals surface area contributed by atoms with Crippen LogP contribution in [0, 0.1) is 0 Å². The predicted octanol–water partition coefficient (Wildman–Crippen LogP) is 1.40. The van der Waals surface area contributed by atoms with Crippen molar-refractivity contribution in [1.82, 2.24) is 10.3 Å². The maximum absolute atomic E-state index is 11.3. The van der Waals surface area contributed by atoms with E-state index in [-0.39, 0.29) is 17.7 Å². The summed E-state index contributed by atoms with van der Waals surface area (Å²) in [5.74, 6) is 0.711. The highest BCUT2D eigenvalue weighted by molar-refractivity contribution is 5.73. The van der Waals surface area contributed by atoms with E-state index in [9.17, 15) is 4.79 Å². The lowest BCUT2D eigenvalue weighted by molar-refractivity contribution is 0.127. The number of carbonyl (C=O) groups is 1. The molecular formula is C11H12N2O3. The van der Waals surface area contributed by atoms with Crippen molar-refractivity contribution >= 4 is 6.09 Å². The standard InChI is InChI=1S/C11H12N2O3/c1-15-8-2-5-12-6-7(8)9-11(3-4-11)13-10(14)16-9/h2,5-6,9H,3-4H2,1H3,(H,13,14). The number of nitrogens with zero attached hydrogens (tertiary/aromatic N) is 1. The zero-order valence-corrected chi connectivity index (χ0v) is 8.90. The van der Waals surface area contributed by atoms with E-state index in [0.717, 1.165) is 18.4 Å². The molecule has 0 radical (unpaired) electrons. The van der Waals surface area contributed by atoms with Crippen LogP contribution in [-0.2, 0) is 4.74 Å². The topological polar surface area (TPSA) is 60.5 Å². The van der Waals surface area contributed by atoms with E-state index < -0.39 is 0 Å². The molecule has 16 heavy (non-hydrogen) atoms. The first-order chi connectivity index (χ1) is 7.75. The monoisotopic (exact) mass is 220 g/mol. The number of rotatable bonds is 2. The van der Waals surface area contributed by atoms with Gasteiger partial charge in [0.2, 0.25) is 0 Å². The van der Waals surface area contributed by atoms with Gasteiger partial charge in [0, 0.05) is 12.4 Å².